The van der Waals surface area contributed by atoms with Crippen LogP contribution in [-0.2, 0) is 15.9 Å². The Morgan fingerprint density at radius 1 is 0.727 bits per heavy atom. The Hall–Kier alpha value is -4.32. The standard InChI is InChI=1S/C38H46O6/c1-27(2)12-9-13-28(3)14-10-15-29(4)21-23-44-35-26-33(25-34(37(39)41-5)36(35)38(40)42-6)43-22-11-16-30-19-20-31-17-7-8-18-32(31)24-30/h7-8,12,14,17-21,24-26H,9-11,13,15-16,22-23H2,1-6H3. The van der Waals surface area contributed by atoms with Gasteiger partial charge in [0.05, 0.1) is 26.4 Å². The maximum absolute atomic E-state index is 12.7. The number of hydrogen-bond acceptors (Lipinski definition) is 6. The van der Waals surface area contributed by atoms with Gasteiger partial charge in [-0.1, -0.05) is 71.3 Å². The second-order valence-corrected chi connectivity index (χ2v) is 11.2. The van der Waals surface area contributed by atoms with E-state index in [-0.39, 0.29) is 23.5 Å². The van der Waals surface area contributed by atoms with Gasteiger partial charge in [-0.15, -0.1) is 0 Å². The molecule has 6 nitrogen and oxygen atoms in total. The molecule has 0 aromatic heterocycles. The number of allylic oxidation sites excluding steroid dienone is 5. The van der Waals surface area contributed by atoms with Crippen LogP contribution in [0.5, 0.6) is 11.5 Å². The number of carbonyl (C=O) groups is 2. The number of aryl methyl sites for hydroxylation is 1. The third-order valence-electron chi connectivity index (χ3n) is 7.36. The third kappa shape index (κ3) is 10.7. The number of hydrogen-bond donors (Lipinski definition) is 0. The molecule has 0 aliphatic rings. The number of ether oxygens (including phenoxy) is 4. The lowest BCUT2D eigenvalue weighted by Gasteiger charge is -2.16. The van der Waals surface area contributed by atoms with E-state index in [1.807, 2.05) is 18.2 Å². The molecule has 3 rings (SSSR count). The fourth-order valence-electron chi connectivity index (χ4n) is 4.84. The lowest BCUT2D eigenvalue weighted by Crippen LogP contribution is -2.15. The summed E-state index contributed by atoms with van der Waals surface area (Å²) in [6.45, 7) is 9.13. The second kappa shape index (κ2) is 17.7. The predicted octanol–water partition coefficient (Wildman–Crippen LogP) is 9.22. The van der Waals surface area contributed by atoms with Crippen LogP contribution in [0.3, 0.4) is 0 Å². The summed E-state index contributed by atoms with van der Waals surface area (Å²) in [4.78, 5) is 25.4. The minimum atomic E-state index is -0.683. The van der Waals surface area contributed by atoms with Crippen molar-refractivity contribution < 1.29 is 28.5 Å². The van der Waals surface area contributed by atoms with E-state index in [0.717, 1.165) is 38.5 Å². The molecule has 0 bridgehead atoms. The van der Waals surface area contributed by atoms with Crippen LogP contribution in [-0.4, -0.2) is 39.4 Å². The molecule has 0 amide bonds. The molecule has 0 heterocycles. The van der Waals surface area contributed by atoms with Crippen molar-refractivity contribution in [3.05, 3.63) is 106 Å². The fourth-order valence-corrected chi connectivity index (χ4v) is 4.84. The van der Waals surface area contributed by atoms with Crippen LogP contribution < -0.4 is 9.47 Å². The molecule has 0 saturated heterocycles. The van der Waals surface area contributed by atoms with Gasteiger partial charge in [0.15, 0.2) is 0 Å². The normalized spacial score (nSPS) is 11.7. The molecule has 3 aromatic carbocycles. The highest BCUT2D eigenvalue weighted by molar-refractivity contribution is 6.05. The Kier molecular flexibility index (Phi) is 13.8. The van der Waals surface area contributed by atoms with Gasteiger partial charge in [-0.05, 0) is 94.7 Å². The van der Waals surface area contributed by atoms with Crippen molar-refractivity contribution in [2.24, 2.45) is 0 Å². The number of methoxy groups -OCH3 is 2. The SMILES string of the molecule is COC(=O)c1cc(OCCCc2ccc3ccccc3c2)cc(OCC=C(C)CCC=C(C)CCC=C(C)C)c1C(=O)OC. The smallest absolute Gasteiger partial charge is 0.342 e. The minimum absolute atomic E-state index is 0.0174. The number of fused-ring (bicyclic) bond motifs is 1. The zero-order chi connectivity index (χ0) is 31.9. The van der Waals surface area contributed by atoms with E-state index in [1.165, 1.54) is 53.3 Å². The van der Waals surface area contributed by atoms with Crippen LogP contribution in [0.15, 0.2) is 89.5 Å². The van der Waals surface area contributed by atoms with Gasteiger partial charge in [-0.3, -0.25) is 0 Å². The third-order valence-corrected chi connectivity index (χ3v) is 7.36. The molecule has 0 unspecified atom stereocenters. The summed E-state index contributed by atoms with van der Waals surface area (Å²) in [6.07, 6.45) is 12.1. The van der Waals surface area contributed by atoms with E-state index >= 15 is 0 Å². The summed E-state index contributed by atoms with van der Waals surface area (Å²) < 4.78 is 22.0. The zero-order valence-electron chi connectivity index (χ0n) is 27.0. The molecule has 0 aliphatic heterocycles. The van der Waals surface area contributed by atoms with Crippen LogP contribution in [0.1, 0.15) is 86.1 Å². The van der Waals surface area contributed by atoms with Crippen molar-refractivity contribution >= 4 is 22.7 Å². The van der Waals surface area contributed by atoms with Gasteiger partial charge in [-0.25, -0.2) is 9.59 Å². The van der Waals surface area contributed by atoms with Crippen LogP contribution >= 0.6 is 0 Å². The van der Waals surface area contributed by atoms with E-state index in [9.17, 15) is 9.59 Å². The summed E-state index contributed by atoms with van der Waals surface area (Å²) in [7, 11) is 2.54. The van der Waals surface area contributed by atoms with Gasteiger partial charge in [0.2, 0.25) is 0 Å². The maximum Gasteiger partial charge on any atom is 0.342 e. The van der Waals surface area contributed by atoms with Gasteiger partial charge in [0.25, 0.3) is 0 Å². The van der Waals surface area contributed by atoms with E-state index in [2.05, 4.69) is 70.2 Å². The summed E-state index contributed by atoms with van der Waals surface area (Å²) in [6, 6.07) is 17.9. The minimum Gasteiger partial charge on any atom is -0.493 e. The van der Waals surface area contributed by atoms with Crippen molar-refractivity contribution in [1.82, 2.24) is 0 Å². The molecular formula is C38H46O6. The van der Waals surface area contributed by atoms with Gasteiger partial charge < -0.3 is 18.9 Å². The van der Waals surface area contributed by atoms with Gasteiger partial charge in [0.1, 0.15) is 23.7 Å². The number of rotatable bonds is 16. The first-order valence-electron chi connectivity index (χ1n) is 15.2. The van der Waals surface area contributed by atoms with Gasteiger partial charge in [0, 0.05) is 6.07 Å². The largest absolute Gasteiger partial charge is 0.493 e. The lowest BCUT2D eigenvalue weighted by atomic mass is 10.0. The number of benzene rings is 3. The molecule has 0 saturated carbocycles. The topological polar surface area (TPSA) is 71.1 Å². The first-order valence-corrected chi connectivity index (χ1v) is 15.2. The second-order valence-electron chi connectivity index (χ2n) is 11.2. The number of esters is 2. The average molecular weight is 599 g/mol. The average Bonchev–Trinajstić information content (AvgIpc) is 3.01. The van der Waals surface area contributed by atoms with E-state index in [1.54, 1.807) is 6.07 Å². The molecule has 0 radical (unpaired) electrons. The van der Waals surface area contributed by atoms with Gasteiger partial charge in [-0.2, -0.15) is 0 Å². The molecule has 0 atom stereocenters. The quantitative estimate of drug-likeness (QED) is 0.0930. The molecule has 0 aliphatic carbocycles. The summed E-state index contributed by atoms with van der Waals surface area (Å²) in [5, 5.41) is 2.42. The maximum atomic E-state index is 12.7. The highest BCUT2D eigenvalue weighted by Gasteiger charge is 2.25. The molecule has 234 valence electrons. The van der Waals surface area contributed by atoms with Crippen molar-refractivity contribution in [3.8, 4) is 11.5 Å². The Labute approximate surface area is 262 Å². The summed E-state index contributed by atoms with van der Waals surface area (Å²) >= 11 is 0. The molecule has 44 heavy (non-hydrogen) atoms. The van der Waals surface area contributed by atoms with Crippen LogP contribution in [0.4, 0.5) is 0 Å². The Balaban J connectivity index is 1.67. The van der Waals surface area contributed by atoms with Crippen LogP contribution in [0, 0.1) is 0 Å². The van der Waals surface area contributed by atoms with Crippen molar-refractivity contribution in [2.75, 3.05) is 27.4 Å². The van der Waals surface area contributed by atoms with E-state index in [4.69, 9.17) is 18.9 Å². The highest BCUT2D eigenvalue weighted by atomic mass is 16.5. The Bertz CT molecular complexity index is 1510. The number of carbonyl (C=O) groups excluding carboxylic acids is 2. The zero-order valence-corrected chi connectivity index (χ0v) is 27.0. The fraction of sp³-hybridized carbons (Fsp3) is 0.368. The van der Waals surface area contributed by atoms with Crippen molar-refractivity contribution in [3.63, 3.8) is 0 Å². The monoisotopic (exact) mass is 598 g/mol. The lowest BCUT2D eigenvalue weighted by molar-refractivity contribution is 0.0551. The summed E-state index contributed by atoms with van der Waals surface area (Å²) in [5.41, 5.74) is 5.19. The van der Waals surface area contributed by atoms with Crippen LogP contribution in [0.25, 0.3) is 10.8 Å². The molecule has 0 fully saturated rings. The molecule has 0 spiro atoms. The molecule has 6 heteroatoms. The molecular weight excluding hydrogens is 552 g/mol. The summed E-state index contributed by atoms with van der Waals surface area (Å²) in [5.74, 6) is -0.725. The van der Waals surface area contributed by atoms with Crippen molar-refractivity contribution in [2.45, 2.75) is 66.2 Å². The Morgan fingerprint density at radius 3 is 2.11 bits per heavy atom. The van der Waals surface area contributed by atoms with Crippen molar-refractivity contribution in [1.29, 1.82) is 0 Å². The first kappa shape index (κ1) is 34.2. The van der Waals surface area contributed by atoms with E-state index < -0.39 is 11.9 Å². The molecule has 3 aromatic rings. The highest BCUT2D eigenvalue weighted by Crippen LogP contribution is 2.31. The van der Waals surface area contributed by atoms with Crippen LogP contribution in [0.2, 0.25) is 0 Å². The first-order chi connectivity index (χ1) is 21.2. The molecule has 0 N–H and O–H groups in total. The Morgan fingerprint density at radius 2 is 1.41 bits per heavy atom. The van der Waals surface area contributed by atoms with E-state index in [0.29, 0.717) is 12.4 Å². The van der Waals surface area contributed by atoms with Gasteiger partial charge >= 0.3 is 11.9 Å². The predicted molar refractivity (Wildman–Crippen MR) is 178 cm³/mol.